The monoisotopic (exact) mass is 395 g/mol. The van der Waals surface area contributed by atoms with E-state index in [0.29, 0.717) is 6.04 Å². The Morgan fingerprint density at radius 1 is 0.929 bits per heavy atom. The van der Waals surface area contributed by atoms with Gasteiger partial charge in [-0.1, -0.05) is 12.8 Å². The Kier molecular flexibility index (Phi) is 12.6. The van der Waals surface area contributed by atoms with Crippen LogP contribution in [0.25, 0.3) is 0 Å². The standard InChI is InChI=1S/C22H45N5O/c1-3-23-22(24-13-6-4-7-14-26-15-8-5-9-16-26)25-21-11-18-27(19-12-21)17-10-20-28-2/h21H,3-20H2,1-2H3,(H2,23,24,25). The third kappa shape index (κ3) is 10.1. The van der Waals surface area contributed by atoms with Gasteiger partial charge in [-0.25, -0.2) is 0 Å². The topological polar surface area (TPSA) is 52.1 Å². The van der Waals surface area contributed by atoms with Crippen LogP contribution in [0.5, 0.6) is 0 Å². The second kappa shape index (κ2) is 15.1. The van der Waals surface area contributed by atoms with E-state index in [1.165, 1.54) is 84.1 Å². The summed E-state index contributed by atoms with van der Waals surface area (Å²) in [6.07, 6.45) is 11.6. The van der Waals surface area contributed by atoms with Crippen LogP contribution < -0.4 is 10.6 Å². The number of likely N-dealkylation sites (tertiary alicyclic amines) is 2. The zero-order valence-electron chi connectivity index (χ0n) is 18.6. The van der Waals surface area contributed by atoms with Crippen molar-refractivity contribution in [1.29, 1.82) is 0 Å². The molecule has 0 aliphatic carbocycles. The van der Waals surface area contributed by atoms with Crippen molar-refractivity contribution in [2.45, 2.75) is 70.8 Å². The molecule has 28 heavy (non-hydrogen) atoms. The highest BCUT2D eigenvalue weighted by Gasteiger charge is 2.19. The van der Waals surface area contributed by atoms with Crippen LogP contribution in [-0.4, -0.2) is 87.9 Å². The summed E-state index contributed by atoms with van der Waals surface area (Å²) in [4.78, 5) is 10.0. The lowest BCUT2D eigenvalue weighted by Crippen LogP contribution is -2.48. The molecule has 2 heterocycles. The van der Waals surface area contributed by atoms with Gasteiger partial charge in [0.15, 0.2) is 5.96 Å². The van der Waals surface area contributed by atoms with E-state index in [9.17, 15) is 0 Å². The summed E-state index contributed by atoms with van der Waals surface area (Å²) in [7, 11) is 1.78. The zero-order chi connectivity index (χ0) is 19.9. The smallest absolute Gasteiger partial charge is 0.191 e. The van der Waals surface area contributed by atoms with Gasteiger partial charge in [0, 0.05) is 52.5 Å². The summed E-state index contributed by atoms with van der Waals surface area (Å²) >= 11 is 0. The van der Waals surface area contributed by atoms with Gasteiger partial charge in [0.05, 0.1) is 0 Å². The van der Waals surface area contributed by atoms with Crippen molar-refractivity contribution in [3.8, 4) is 0 Å². The third-order valence-corrected chi connectivity index (χ3v) is 5.95. The van der Waals surface area contributed by atoms with Gasteiger partial charge in [-0.3, -0.25) is 4.99 Å². The van der Waals surface area contributed by atoms with E-state index in [1.54, 1.807) is 7.11 Å². The molecule has 0 aromatic rings. The van der Waals surface area contributed by atoms with E-state index >= 15 is 0 Å². The SMILES string of the molecule is CCNC(=NCCCCCN1CCCCC1)NC1CCN(CCCOC)CC1. The van der Waals surface area contributed by atoms with Crippen LogP contribution in [0, 0.1) is 0 Å². The van der Waals surface area contributed by atoms with Crippen LogP contribution in [0.4, 0.5) is 0 Å². The van der Waals surface area contributed by atoms with Gasteiger partial charge in [-0.05, 0) is 71.5 Å². The normalized spacial score (nSPS) is 20.4. The van der Waals surface area contributed by atoms with Gasteiger partial charge in [0.25, 0.3) is 0 Å². The summed E-state index contributed by atoms with van der Waals surface area (Å²) in [5.74, 6) is 1.01. The summed E-state index contributed by atoms with van der Waals surface area (Å²) in [5.41, 5.74) is 0. The summed E-state index contributed by atoms with van der Waals surface area (Å²) in [5, 5.41) is 7.09. The van der Waals surface area contributed by atoms with Crippen molar-refractivity contribution in [3.63, 3.8) is 0 Å². The van der Waals surface area contributed by atoms with Gasteiger partial charge < -0.3 is 25.2 Å². The minimum absolute atomic E-state index is 0.551. The third-order valence-electron chi connectivity index (χ3n) is 5.95. The molecule has 0 aromatic heterocycles. The molecule has 2 aliphatic heterocycles. The quantitative estimate of drug-likeness (QED) is 0.302. The highest BCUT2D eigenvalue weighted by atomic mass is 16.5. The fourth-order valence-electron chi connectivity index (χ4n) is 4.24. The Bertz CT molecular complexity index is 404. The van der Waals surface area contributed by atoms with Crippen molar-refractivity contribution >= 4 is 5.96 Å². The number of rotatable bonds is 12. The Labute approximate surface area is 173 Å². The Balaban J connectivity index is 1.57. The molecule has 6 nitrogen and oxygen atoms in total. The van der Waals surface area contributed by atoms with E-state index in [2.05, 4.69) is 27.4 Å². The molecule has 0 radical (unpaired) electrons. The maximum atomic E-state index is 5.16. The molecule has 2 saturated heterocycles. The first-order valence-electron chi connectivity index (χ1n) is 11.8. The van der Waals surface area contributed by atoms with Crippen LogP contribution in [0.15, 0.2) is 4.99 Å². The predicted octanol–water partition coefficient (Wildman–Crippen LogP) is 2.70. The second-order valence-corrected chi connectivity index (χ2v) is 8.33. The average molecular weight is 396 g/mol. The number of hydrogen-bond acceptors (Lipinski definition) is 4. The maximum Gasteiger partial charge on any atom is 0.191 e. The predicted molar refractivity (Wildman–Crippen MR) is 119 cm³/mol. The lowest BCUT2D eigenvalue weighted by molar-refractivity contribution is 0.155. The van der Waals surface area contributed by atoms with Crippen molar-refractivity contribution in [2.75, 3.05) is 66.1 Å². The molecule has 2 aliphatic rings. The van der Waals surface area contributed by atoms with E-state index in [0.717, 1.165) is 38.6 Å². The van der Waals surface area contributed by atoms with Gasteiger partial charge >= 0.3 is 0 Å². The fraction of sp³-hybridized carbons (Fsp3) is 0.955. The number of ether oxygens (including phenoxy) is 1. The Morgan fingerprint density at radius 3 is 2.36 bits per heavy atom. The number of methoxy groups -OCH3 is 1. The zero-order valence-corrected chi connectivity index (χ0v) is 18.6. The van der Waals surface area contributed by atoms with Gasteiger partial charge in [-0.15, -0.1) is 0 Å². The van der Waals surface area contributed by atoms with Crippen molar-refractivity contribution < 1.29 is 4.74 Å². The number of aliphatic imine (C=N–C) groups is 1. The number of hydrogen-bond donors (Lipinski definition) is 2. The summed E-state index contributed by atoms with van der Waals surface area (Å²) in [6, 6.07) is 0.551. The molecule has 2 fully saturated rings. The van der Waals surface area contributed by atoms with Crippen molar-refractivity contribution in [1.82, 2.24) is 20.4 Å². The molecule has 0 spiro atoms. The molecule has 0 aromatic carbocycles. The van der Waals surface area contributed by atoms with Gasteiger partial charge in [-0.2, -0.15) is 0 Å². The molecule has 164 valence electrons. The van der Waals surface area contributed by atoms with Crippen LogP contribution in [-0.2, 0) is 4.74 Å². The first-order chi connectivity index (χ1) is 13.8. The highest BCUT2D eigenvalue weighted by molar-refractivity contribution is 5.80. The molecule has 0 saturated carbocycles. The lowest BCUT2D eigenvalue weighted by Gasteiger charge is -2.33. The summed E-state index contributed by atoms with van der Waals surface area (Å²) in [6.45, 7) is 12.3. The van der Waals surface area contributed by atoms with Gasteiger partial charge in [0.1, 0.15) is 0 Å². The lowest BCUT2D eigenvalue weighted by atomic mass is 10.1. The molecule has 2 rings (SSSR count). The van der Waals surface area contributed by atoms with E-state index in [4.69, 9.17) is 9.73 Å². The number of nitrogens with zero attached hydrogens (tertiary/aromatic N) is 3. The van der Waals surface area contributed by atoms with Crippen molar-refractivity contribution in [3.05, 3.63) is 0 Å². The van der Waals surface area contributed by atoms with E-state index < -0.39 is 0 Å². The first-order valence-corrected chi connectivity index (χ1v) is 11.8. The van der Waals surface area contributed by atoms with Gasteiger partial charge in [0.2, 0.25) is 0 Å². The Hall–Kier alpha value is -0.850. The minimum Gasteiger partial charge on any atom is -0.385 e. The molecule has 0 bridgehead atoms. The number of guanidine groups is 1. The average Bonchev–Trinajstić information content (AvgIpc) is 2.73. The highest BCUT2D eigenvalue weighted by Crippen LogP contribution is 2.11. The maximum absolute atomic E-state index is 5.16. The van der Waals surface area contributed by atoms with Crippen LogP contribution >= 0.6 is 0 Å². The number of unbranched alkanes of at least 4 members (excludes halogenated alkanes) is 2. The minimum atomic E-state index is 0.551. The van der Waals surface area contributed by atoms with Crippen LogP contribution in [0.2, 0.25) is 0 Å². The molecule has 0 amide bonds. The van der Waals surface area contributed by atoms with Crippen molar-refractivity contribution in [2.24, 2.45) is 4.99 Å². The van der Waals surface area contributed by atoms with E-state index in [-0.39, 0.29) is 0 Å². The van der Waals surface area contributed by atoms with Crippen LogP contribution in [0.1, 0.15) is 64.7 Å². The number of nitrogens with one attached hydrogen (secondary N) is 2. The molecular weight excluding hydrogens is 350 g/mol. The molecule has 0 unspecified atom stereocenters. The second-order valence-electron chi connectivity index (χ2n) is 8.33. The molecular formula is C22H45N5O. The summed E-state index contributed by atoms with van der Waals surface area (Å²) < 4.78 is 5.16. The van der Waals surface area contributed by atoms with Crippen LogP contribution in [0.3, 0.4) is 0 Å². The van der Waals surface area contributed by atoms with E-state index in [1.807, 2.05) is 0 Å². The molecule has 0 atom stereocenters. The first kappa shape index (κ1) is 23.4. The Morgan fingerprint density at radius 2 is 1.64 bits per heavy atom. The molecule has 2 N–H and O–H groups in total. The molecule has 6 heteroatoms. The fourth-order valence-corrected chi connectivity index (χ4v) is 4.24. The number of piperidine rings is 2. The largest absolute Gasteiger partial charge is 0.385 e.